The lowest BCUT2D eigenvalue weighted by atomic mass is 9.87. The van der Waals surface area contributed by atoms with Crippen molar-refractivity contribution in [2.45, 2.75) is 26.2 Å². The number of hydrogen-bond acceptors (Lipinski definition) is 4. The molecule has 0 aliphatic rings. The van der Waals surface area contributed by atoms with E-state index >= 15 is 0 Å². The Morgan fingerprint density at radius 2 is 1.89 bits per heavy atom. The number of rotatable bonds is 2. The van der Waals surface area contributed by atoms with Crippen LogP contribution >= 0.6 is 11.6 Å². The second-order valence-electron chi connectivity index (χ2n) is 4.74. The monoisotopic (exact) mass is 260 g/mol. The maximum Gasteiger partial charge on any atom is 0.237 e. The third-order valence-electron chi connectivity index (χ3n) is 2.33. The van der Waals surface area contributed by atoms with Crippen LogP contribution in [-0.4, -0.2) is 5.71 Å². The van der Waals surface area contributed by atoms with E-state index in [1.807, 2.05) is 12.1 Å². The first-order valence-electron chi connectivity index (χ1n) is 5.32. The molecule has 0 saturated carbocycles. The minimum absolute atomic E-state index is 0.0159. The van der Waals surface area contributed by atoms with Crippen molar-refractivity contribution < 1.29 is 0 Å². The Morgan fingerprint density at radius 3 is 2.39 bits per heavy atom. The quantitative estimate of drug-likeness (QED) is 0.654. The summed E-state index contributed by atoms with van der Waals surface area (Å²) in [5, 5.41) is 21.3. The molecule has 18 heavy (non-hydrogen) atoms. The molecule has 1 aromatic carbocycles. The van der Waals surface area contributed by atoms with Crippen LogP contribution in [0, 0.1) is 22.7 Å². The normalized spacial score (nSPS) is 10.1. The average Bonchev–Trinajstić information content (AvgIpc) is 2.31. The zero-order valence-corrected chi connectivity index (χ0v) is 11.2. The molecule has 1 N–H and O–H groups in total. The van der Waals surface area contributed by atoms with E-state index in [1.165, 1.54) is 0 Å². The van der Waals surface area contributed by atoms with E-state index in [4.69, 9.17) is 22.1 Å². The Balaban J connectivity index is 3.08. The molecule has 0 unspecified atom stereocenters. The molecular formula is C13H13ClN4. The van der Waals surface area contributed by atoms with Crippen molar-refractivity contribution in [1.82, 2.24) is 0 Å². The second kappa shape index (κ2) is 5.53. The Hall–Kier alpha value is -2.04. The summed E-state index contributed by atoms with van der Waals surface area (Å²) in [6.45, 7) is 6.25. The molecule has 1 aromatic rings. The molecule has 0 radical (unpaired) electrons. The van der Waals surface area contributed by atoms with Crippen molar-refractivity contribution in [3.8, 4) is 12.1 Å². The first-order chi connectivity index (χ1) is 8.38. The SMILES string of the molecule is CC(C)(C)c1ccc(Cl)c(NN=C(C#N)C#N)c1. The van der Waals surface area contributed by atoms with Crippen LogP contribution in [0.3, 0.4) is 0 Å². The number of nitrogens with zero attached hydrogens (tertiary/aromatic N) is 3. The lowest BCUT2D eigenvalue weighted by Gasteiger charge is -2.20. The number of nitrogens with one attached hydrogen (secondary N) is 1. The Labute approximate surface area is 111 Å². The third kappa shape index (κ3) is 3.48. The van der Waals surface area contributed by atoms with Crippen LogP contribution in [0.5, 0.6) is 0 Å². The van der Waals surface area contributed by atoms with Crippen LogP contribution in [0.1, 0.15) is 26.3 Å². The lowest BCUT2D eigenvalue weighted by Crippen LogP contribution is -2.11. The van der Waals surface area contributed by atoms with Gasteiger partial charge in [-0.3, -0.25) is 5.43 Å². The van der Waals surface area contributed by atoms with Crippen molar-refractivity contribution in [1.29, 1.82) is 10.5 Å². The Morgan fingerprint density at radius 1 is 1.28 bits per heavy atom. The summed E-state index contributed by atoms with van der Waals surface area (Å²) in [5.74, 6) is 0. The molecule has 0 spiro atoms. The van der Waals surface area contributed by atoms with Gasteiger partial charge < -0.3 is 0 Å². The molecule has 0 aliphatic heterocycles. The van der Waals surface area contributed by atoms with E-state index in [0.29, 0.717) is 10.7 Å². The summed E-state index contributed by atoms with van der Waals surface area (Å²) in [7, 11) is 0. The van der Waals surface area contributed by atoms with Crippen molar-refractivity contribution in [2.24, 2.45) is 5.10 Å². The lowest BCUT2D eigenvalue weighted by molar-refractivity contribution is 0.590. The number of anilines is 1. The number of halogens is 1. The zero-order chi connectivity index (χ0) is 13.8. The number of benzene rings is 1. The number of hydrazone groups is 1. The molecule has 0 saturated heterocycles. The van der Waals surface area contributed by atoms with E-state index in [9.17, 15) is 0 Å². The molecule has 4 nitrogen and oxygen atoms in total. The molecule has 92 valence electrons. The molecule has 0 heterocycles. The fraction of sp³-hybridized carbons (Fsp3) is 0.308. The number of hydrogen-bond donors (Lipinski definition) is 1. The van der Waals surface area contributed by atoms with E-state index in [0.717, 1.165) is 5.56 Å². The first-order valence-corrected chi connectivity index (χ1v) is 5.70. The predicted molar refractivity (Wildman–Crippen MR) is 72.4 cm³/mol. The molecule has 0 atom stereocenters. The van der Waals surface area contributed by atoms with Gasteiger partial charge in [0.25, 0.3) is 0 Å². The van der Waals surface area contributed by atoms with Gasteiger partial charge in [0.1, 0.15) is 12.1 Å². The Bertz CT molecular complexity index is 540. The smallest absolute Gasteiger partial charge is 0.237 e. The van der Waals surface area contributed by atoms with Gasteiger partial charge in [-0.15, -0.1) is 0 Å². The van der Waals surface area contributed by atoms with Crippen LogP contribution in [-0.2, 0) is 5.41 Å². The van der Waals surface area contributed by atoms with E-state index < -0.39 is 0 Å². The summed E-state index contributed by atoms with van der Waals surface area (Å²) in [6.07, 6.45) is 0. The molecule has 5 heteroatoms. The summed E-state index contributed by atoms with van der Waals surface area (Å²) in [5.41, 5.74) is 4.04. The minimum Gasteiger partial charge on any atom is -0.275 e. The molecular weight excluding hydrogens is 248 g/mol. The van der Waals surface area contributed by atoms with Gasteiger partial charge >= 0.3 is 0 Å². The van der Waals surface area contributed by atoms with Gasteiger partial charge in [-0.2, -0.15) is 15.6 Å². The van der Waals surface area contributed by atoms with Gasteiger partial charge in [-0.25, -0.2) is 0 Å². The number of nitriles is 2. The van der Waals surface area contributed by atoms with Crippen molar-refractivity contribution in [2.75, 3.05) is 5.43 Å². The van der Waals surface area contributed by atoms with Crippen LogP contribution in [0.4, 0.5) is 5.69 Å². The molecule has 1 rings (SSSR count). The van der Waals surface area contributed by atoms with Gasteiger partial charge in [0.2, 0.25) is 5.71 Å². The summed E-state index contributed by atoms with van der Waals surface area (Å²) in [6, 6.07) is 8.90. The predicted octanol–water partition coefficient (Wildman–Crippen LogP) is 3.45. The molecule has 0 bridgehead atoms. The van der Waals surface area contributed by atoms with Gasteiger partial charge in [-0.05, 0) is 23.1 Å². The van der Waals surface area contributed by atoms with Gasteiger partial charge in [0, 0.05) is 0 Å². The van der Waals surface area contributed by atoms with Crippen LogP contribution in [0.15, 0.2) is 23.3 Å². The van der Waals surface area contributed by atoms with Crippen LogP contribution in [0.25, 0.3) is 0 Å². The van der Waals surface area contributed by atoms with Gasteiger partial charge in [0.15, 0.2) is 0 Å². The van der Waals surface area contributed by atoms with E-state index in [-0.39, 0.29) is 11.1 Å². The molecule has 0 amide bonds. The first kappa shape index (κ1) is 14.0. The van der Waals surface area contributed by atoms with Gasteiger partial charge in [0.05, 0.1) is 10.7 Å². The highest BCUT2D eigenvalue weighted by atomic mass is 35.5. The molecule has 0 fully saturated rings. The topological polar surface area (TPSA) is 72.0 Å². The van der Waals surface area contributed by atoms with Crippen LogP contribution < -0.4 is 5.43 Å². The highest BCUT2D eigenvalue weighted by Gasteiger charge is 2.15. The highest BCUT2D eigenvalue weighted by molar-refractivity contribution is 6.33. The maximum atomic E-state index is 8.58. The summed E-state index contributed by atoms with van der Waals surface area (Å²) in [4.78, 5) is 0. The third-order valence-corrected chi connectivity index (χ3v) is 2.66. The average molecular weight is 261 g/mol. The molecule has 0 aliphatic carbocycles. The van der Waals surface area contributed by atoms with E-state index in [2.05, 4.69) is 31.3 Å². The standard InChI is InChI=1S/C13H13ClN4/c1-13(2,3)9-4-5-11(14)12(6-9)18-17-10(7-15)8-16/h4-6,18H,1-3H3. The van der Waals surface area contributed by atoms with Crippen LogP contribution in [0.2, 0.25) is 5.02 Å². The second-order valence-corrected chi connectivity index (χ2v) is 5.15. The summed E-state index contributed by atoms with van der Waals surface area (Å²) < 4.78 is 0. The van der Waals surface area contributed by atoms with E-state index in [1.54, 1.807) is 18.2 Å². The maximum absolute atomic E-state index is 8.58. The fourth-order valence-corrected chi connectivity index (χ4v) is 1.43. The minimum atomic E-state index is -0.243. The van der Waals surface area contributed by atoms with Crippen molar-refractivity contribution >= 4 is 23.0 Å². The van der Waals surface area contributed by atoms with Crippen molar-refractivity contribution in [3.63, 3.8) is 0 Å². The zero-order valence-electron chi connectivity index (χ0n) is 10.5. The largest absolute Gasteiger partial charge is 0.275 e. The van der Waals surface area contributed by atoms with Crippen molar-refractivity contribution in [3.05, 3.63) is 28.8 Å². The Kier molecular flexibility index (Phi) is 4.31. The van der Waals surface area contributed by atoms with Gasteiger partial charge in [-0.1, -0.05) is 38.4 Å². The fourth-order valence-electron chi connectivity index (χ4n) is 1.27. The summed E-state index contributed by atoms with van der Waals surface area (Å²) >= 11 is 6.02. The highest BCUT2D eigenvalue weighted by Crippen LogP contribution is 2.29. The molecule has 0 aromatic heterocycles.